The van der Waals surface area contributed by atoms with Crippen molar-refractivity contribution < 1.29 is 19.1 Å². The molecule has 1 saturated carbocycles. The molecule has 0 bridgehead atoms. The molecule has 30 heavy (non-hydrogen) atoms. The van der Waals surface area contributed by atoms with Crippen LogP contribution >= 0.6 is 27.5 Å². The fourth-order valence-electron chi connectivity index (χ4n) is 4.67. The predicted octanol–water partition coefficient (Wildman–Crippen LogP) is 4.82. The van der Waals surface area contributed by atoms with E-state index in [1.807, 2.05) is 32.0 Å². The zero-order chi connectivity index (χ0) is 21.4. The Hall–Kier alpha value is -1.37. The zero-order valence-electron chi connectivity index (χ0n) is 17.3. The highest BCUT2D eigenvalue weighted by Crippen LogP contribution is 2.47. The number of fused-ring (bicyclic) bond motifs is 1. The third-order valence-corrected chi connectivity index (χ3v) is 7.10. The Morgan fingerprint density at radius 2 is 2.10 bits per heavy atom. The van der Waals surface area contributed by atoms with Gasteiger partial charge in [-0.1, -0.05) is 39.7 Å². The number of amides is 1. The number of hydrogen-bond donors (Lipinski definition) is 0. The summed E-state index contributed by atoms with van der Waals surface area (Å²) in [6.07, 6.45) is 3.07. The first-order valence-electron chi connectivity index (χ1n) is 10.6. The van der Waals surface area contributed by atoms with Gasteiger partial charge in [0.25, 0.3) is 5.91 Å². The summed E-state index contributed by atoms with van der Waals surface area (Å²) in [5.41, 5.74) is 1.34. The smallest absolute Gasteiger partial charge is 0.290 e. The highest BCUT2D eigenvalue weighted by atomic mass is 79.9. The first kappa shape index (κ1) is 21.8. The lowest BCUT2D eigenvalue weighted by molar-refractivity contribution is -0.135. The van der Waals surface area contributed by atoms with Crippen LogP contribution in [0.4, 0.5) is 0 Å². The molecule has 1 fully saturated rings. The number of hydrogen-bond acceptors (Lipinski definition) is 4. The van der Waals surface area contributed by atoms with Crippen LogP contribution in [0.3, 0.4) is 0 Å². The van der Waals surface area contributed by atoms with Crippen LogP contribution < -0.4 is 0 Å². The van der Waals surface area contributed by atoms with Crippen LogP contribution in [-0.4, -0.2) is 46.8 Å². The normalized spacial score (nSPS) is 28.6. The second-order valence-electron chi connectivity index (χ2n) is 8.51. The van der Waals surface area contributed by atoms with E-state index in [0.717, 1.165) is 24.8 Å². The van der Waals surface area contributed by atoms with Gasteiger partial charge in [-0.3, -0.25) is 9.59 Å². The monoisotopic (exact) mass is 495 g/mol. The van der Waals surface area contributed by atoms with Crippen molar-refractivity contribution in [3.63, 3.8) is 0 Å². The van der Waals surface area contributed by atoms with E-state index in [1.54, 1.807) is 11.0 Å². The number of carbonyl (C=O) groups is 2. The maximum absolute atomic E-state index is 13.6. The summed E-state index contributed by atoms with van der Waals surface area (Å²) in [5.74, 6) is -0.124. The first-order chi connectivity index (χ1) is 14.4. The Bertz CT molecular complexity index is 871. The number of alkyl halides is 1. The van der Waals surface area contributed by atoms with Gasteiger partial charge in [-0.05, 0) is 57.2 Å². The summed E-state index contributed by atoms with van der Waals surface area (Å²) in [4.78, 5) is 29.0. The summed E-state index contributed by atoms with van der Waals surface area (Å²) in [6, 6.07) is 6.94. The summed E-state index contributed by atoms with van der Waals surface area (Å²) >= 11 is 9.91. The molecule has 2 aliphatic heterocycles. The van der Waals surface area contributed by atoms with Crippen LogP contribution in [-0.2, 0) is 19.1 Å². The van der Waals surface area contributed by atoms with Crippen molar-refractivity contribution in [3.05, 3.63) is 46.2 Å². The molecule has 0 saturated heterocycles. The number of benzene rings is 1. The van der Waals surface area contributed by atoms with Crippen LogP contribution in [0.5, 0.6) is 0 Å². The van der Waals surface area contributed by atoms with E-state index >= 15 is 0 Å². The predicted molar refractivity (Wildman–Crippen MR) is 119 cm³/mol. The molecule has 4 unspecified atom stereocenters. The minimum absolute atomic E-state index is 0.0460. The third kappa shape index (κ3) is 4.19. The van der Waals surface area contributed by atoms with Gasteiger partial charge in [-0.25, -0.2) is 0 Å². The van der Waals surface area contributed by atoms with E-state index in [1.165, 1.54) is 0 Å². The van der Waals surface area contributed by atoms with E-state index < -0.39 is 6.04 Å². The molecule has 4 rings (SSSR count). The SMILES string of the molecule is CC(C)OCCCN1C(=O)C2=C(C(=O)C3CC(Br)CCC3O2)C1c1cccc(Cl)c1. The highest BCUT2D eigenvalue weighted by molar-refractivity contribution is 9.09. The largest absolute Gasteiger partial charge is 0.483 e. The number of Topliss-reactive ketones (excluding diaryl/α,β-unsaturated/α-hetero) is 1. The van der Waals surface area contributed by atoms with E-state index in [9.17, 15) is 9.59 Å². The van der Waals surface area contributed by atoms with Gasteiger partial charge in [-0.15, -0.1) is 0 Å². The molecule has 4 atom stereocenters. The van der Waals surface area contributed by atoms with Gasteiger partial charge in [-0.2, -0.15) is 0 Å². The second-order valence-corrected chi connectivity index (χ2v) is 10.2. The average Bonchev–Trinajstić information content (AvgIpc) is 2.98. The molecular weight excluding hydrogens is 470 g/mol. The molecule has 1 aliphatic carbocycles. The summed E-state index contributed by atoms with van der Waals surface area (Å²) < 4.78 is 11.8. The maximum Gasteiger partial charge on any atom is 0.290 e. The van der Waals surface area contributed by atoms with Crippen LogP contribution in [0, 0.1) is 5.92 Å². The number of carbonyl (C=O) groups excluding carboxylic acids is 2. The molecule has 3 aliphatic rings. The number of nitrogens with zero attached hydrogens (tertiary/aromatic N) is 1. The van der Waals surface area contributed by atoms with Crippen molar-refractivity contribution in [1.82, 2.24) is 4.90 Å². The van der Waals surface area contributed by atoms with Crippen LogP contribution in [0.15, 0.2) is 35.6 Å². The van der Waals surface area contributed by atoms with Gasteiger partial charge in [0.05, 0.1) is 23.6 Å². The Morgan fingerprint density at radius 3 is 2.83 bits per heavy atom. The quantitative estimate of drug-likeness (QED) is 0.418. The lowest BCUT2D eigenvalue weighted by Crippen LogP contribution is -2.41. The van der Waals surface area contributed by atoms with Gasteiger partial charge in [0.2, 0.25) is 0 Å². The fraction of sp³-hybridized carbons (Fsp3) is 0.565. The average molecular weight is 497 g/mol. The molecule has 0 radical (unpaired) electrons. The molecule has 1 aromatic carbocycles. The van der Waals surface area contributed by atoms with Crippen molar-refractivity contribution in [1.29, 1.82) is 0 Å². The van der Waals surface area contributed by atoms with E-state index in [-0.39, 0.29) is 35.6 Å². The maximum atomic E-state index is 13.6. The number of rotatable bonds is 6. The van der Waals surface area contributed by atoms with Crippen molar-refractivity contribution in [2.45, 2.75) is 62.6 Å². The van der Waals surface area contributed by atoms with Gasteiger partial charge in [0.1, 0.15) is 6.10 Å². The zero-order valence-corrected chi connectivity index (χ0v) is 19.6. The van der Waals surface area contributed by atoms with E-state index in [0.29, 0.717) is 35.0 Å². The summed E-state index contributed by atoms with van der Waals surface area (Å²) in [6.45, 7) is 5.02. The molecule has 1 amide bonds. The topological polar surface area (TPSA) is 55.8 Å². The minimum Gasteiger partial charge on any atom is -0.483 e. The van der Waals surface area contributed by atoms with Crippen LogP contribution in [0.25, 0.3) is 0 Å². The van der Waals surface area contributed by atoms with E-state index in [2.05, 4.69) is 15.9 Å². The third-order valence-electron chi connectivity index (χ3n) is 6.04. The van der Waals surface area contributed by atoms with Crippen molar-refractivity contribution in [2.24, 2.45) is 5.92 Å². The molecule has 0 spiro atoms. The minimum atomic E-state index is -0.464. The molecule has 2 heterocycles. The summed E-state index contributed by atoms with van der Waals surface area (Å²) in [7, 11) is 0. The van der Waals surface area contributed by atoms with Crippen LogP contribution in [0.1, 0.15) is 51.1 Å². The molecule has 0 aromatic heterocycles. The van der Waals surface area contributed by atoms with Gasteiger partial charge >= 0.3 is 0 Å². The van der Waals surface area contributed by atoms with Gasteiger partial charge in [0, 0.05) is 23.0 Å². The first-order valence-corrected chi connectivity index (χ1v) is 11.9. The Morgan fingerprint density at radius 1 is 1.30 bits per heavy atom. The molecule has 1 aromatic rings. The van der Waals surface area contributed by atoms with Crippen molar-refractivity contribution >= 4 is 39.2 Å². The van der Waals surface area contributed by atoms with Gasteiger partial charge in [0.15, 0.2) is 11.5 Å². The van der Waals surface area contributed by atoms with Gasteiger partial charge < -0.3 is 14.4 Å². The number of ketones is 1. The van der Waals surface area contributed by atoms with Crippen molar-refractivity contribution in [3.8, 4) is 0 Å². The lowest BCUT2D eigenvalue weighted by atomic mass is 9.77. The van der Waals surface area contributed by atoms with E-state index in [4.69, 9.17) is 21.1 Å². The number of ether oxygens (including phenoxy) is 2. The molecule has 162 valence electrons. The lowest BCUT2D eigenvalue weighted by Gasteiger charge is -2.37. The van der Waals surface area contributed by atoms with Crippen LogP contribution in [0.2, 0.25) is 5.02 Å². The Labute approximate surface area is 190 Å². The second kappa shape index (κ2) is 9.01. The molecular formula is C23H27BrClNO4. The standard InChI is InChI=1S/C23H27BrClNO4/c1-13(2)29-10-4-9-26-20(14-5-3-6-16(25)11-14)19-21(27)17-12-15(24)7-8-18(17)30-22(19)23(26)28/h3,5-6,11,13,15,17-18,20H,4,7-10,12H2,1-2H3. The molecule has 5 nitrogen and oxygen atoms in total. The Balaban J connectivity index is 1.66. The summed E-state index contributed by atoms with van der Waals surface area (Å²) in [5, 5.41) is 0.581. The highest BCUT2D eigenvalue weighted by Gasteiger charge is 2.52. The fourth-order valence-corrected chi connectivity index (χ4v) is 5.54. The Kier molecular flexibility index (Phi) is 6.56. The molecule has 0 N–H and O–H groups in total. The number of halogens is 2. The van der Waals surface area contributed by atoms with Crippen molar-refractivity contribution in [2.75, 3.05) is 13.2 Å². The molecule has 7 heteroatoms.